The number of rotatable bonds is 3. The lowest BCUT2D eigenvalue weighted by Gasteiger charge is -2.10. The predicted octanol–water partition coefficient (Wildman–Crippen LogP) is 3.29. The highest BCUT2D eigenvalue weighted by Crippen LogP contribution is 2.32. The van der Waals surface area contributed by atoms with Crippen molar-refractivity contribution in [3.8, 4) is 11.3 Å². The Kier molecular flexibility index (Phi) is 4.25. The Bertz CT molecular complexity index is 672. The zero-order chi connectivity index (χ0) is 16.5. The summed E-state index contributed by atoms with van der Waals surface area (Å²) in [6.07, 6.45) is -4.44. The number of aromatic nitrogens is 2. The number of benzene rings is 1. The van der Waals surface area contributed by atoms with Gasteiger partial charge in [0, 0.05) is 31.8 Å². The van der Waals surface area contributed by atoms with Gasteiger partial charge in [-0.3, -0.25) is 9.48 Å². The van der Waals surface area contributed by atoms with E-state index in [1.54, 1.807) is 45.3 Å². The van der Waals surface area contributed by atoms with Crippen LogP contribution in [-0.4, -0.2) is 34.7 Å². The van der Waals surface area contributed by atoms with Crippen molar-refractivity contribution in [2.75, 3.05) is 14.1 Å². The lowest BCUT2D eigenvalue weighted by atomic mass is 10.1. The SMILES string of the molecule is CCn1nc(-c2ccc(C(=O)N(C)C)cc2)cc1C(F)(F)F. The Hall–Kier alpha value is -2.31. The first-order valence-corrected chi connectivity index (χ1v) is 6.71. The molecule has 0 radical (unpaired) electrons. The summed E-state index contributed by atoms with van der Waals surface area (Å²) >= 11 is 0. The maximum atomic E-state index is 12.9. The van der Waals surface area contributed by atoms with E-state index in [1.165, 1.54) is 4.90 Å². The summed E-state index contributed by atoms with van der Waals surface area (Å²) < 4.78 is 39.7. The number of alkyl halides is 3. The molecule has 0 saturated carbocycles. The molecule has 0 aliphatic carbocycles. The van der Waals surface area contributed by atoms with E-state index in [9.17, 15) is 18.0 Å². The highest BCUT2D eigenvalue weighted by molar-refractivity contribution is 5.94. The van der Waals surface area contributed by atoms with Crippen LogP contribution in [-0.2, 0) is 12.7 Å². The minimum absolute atomic E-state index is 0.131. The second-order valence-electron chi connectivity index (χ2n) is 5.01. The van der Waals surface area contributed by atoms with Crippen LogP contribution in [0.5, 0.6) is 0 Å². The normalized spacial score (nSPS) is 11.5. The zero-order valence-electron chi connectivity index (χ0n) is 12.5. The van der Waals surface area contributed by atoms with Crippen LogP contribution in [0.1, 0.15) is 23.0 Å². The van der Waals surface area contributed by atoms with Gasteiger partial charge in [0.05, 0.1) is 5.69 Å². The molecule has 1 heterocycles. The number of hydrogen-bond donors (Lipinski definition) is 0. The van der Waals surface area contributed by atoms with E-state index >= 15 is 0 Å². The van der Waals surface area contributed by atoms with E-state index in [0.717, 1.165) is 10.7 Å². The number of amides is 1. The lowest BCUT2D eigenvalue weighted by Crippen LogP contribution is -2.21. The van der Waals surface area contributed by atoms with Crippen molar-refractivity contribution in [3.63, 3.8) is 0 Å². The third kappa shape index (κ3) is 3.13. The van der Waals surface area contributed by atoms with Crippen molar-refractivity contribution in [2.24, 2.45) is 0 Å². The van der Waals surface area contributed by atoms with Gasteiger partial charge in [-0.2, -0.15) is 18.3 Å². The quantitative estimate of drug-likeness (QED) is 0.872. The van der Waals surface area contributed by atoms with Crippen LogP contribution in [0.25, 0.3) is 11.3 Å². The Morgan fingerprint density at radius 2 is 1.82 bits per heavy atom. The molecule has 0 aliphatic rings. The van der Waals surface area contributed by atoms with Crippen molar-refractivity contribution in [2.45, 2.75) is 19.6 Å². The van der Waals surface area contributed by atoms with Gasteiger partial charge in [-0.25, -0.2) is 0 Å². The van der Waals surface area contributed by atoms with E-state index < -0.39 is 11.9 Å². The molecule has 0 unspecified atom stereocenters. The molecule has 2 rings (SSSR count). The fraction of sp³-hybridized carbons (Fsp3) is 0.333. The molecule has 0 N–H and O–H groups in total. The molecule has 1 amide bonds. The summed E-state index contributed by atoms with van der Waals surface area (Å²) in [6, 6.07) is 7.37. The fourth-order valence-electron chi connectivity index (χ4n) is 2.07. The van der Waals surface area contributed by atoms with Crippen molar-refractivity contribution in [3.05, 3.63) is 41.6 Å². The van der Waals surface area contributed by atoms with Crippen LogP contribution < -0.4 is 0 Å². The molecule has 0 atom stereocenters. The smallest absolute Gasteiger partial charge is 0.345 e. The Morgan fingerprint density at radius 1 is 1.23 bits per heavy atom. The summed E-state index contributed by atoms with van der Waals surface area (Å²) in [5, 5.41) is 3.98. The molecule has 2 aromatic rings. The summed E-state index contributed by atoms with van der Waals surface area (Å²) in [4.78, 5) is 13.2. The van der Waals surface area contributed by atoms with Gasteiger partial charge in [-0.1, -0.05) is 12.1 Å². The first-order valence-electron chi connectivity index (χ1n) is 6.71. The largest absolute Gasteiger partial charge is 0.433 e. The summed E-state index contributed by atoms with van der Waals surface area (Å²) in [5.41, 5.74) is 0.462. The number of carbonyl (C=O) groups is 1. The molecule has 0 fully saturated rings. The van der Waals surface area contributed by atoms with Crippen LogP contribution in [0.4, 0.5) is 13.2 Å². The first-order chi connectivity index (χ1) is 10.2. The fourth-order valence-corrected chi connectivity index (χ4v) is 2.07. The van der Waals surface area contributed by atoms with Crippen LogP contribution in [0.15, 0.2) is 30.3 Å². The minimum Gasteiger partial charge on any atom is -0.345 e. The van der Waals surface area contributed by atoms with E-state index in [-0.39, 0.29) is 18.1 Å². The molecule has 0 spiro atoms. The van der Waals surface area contributed by atoms with Gasteiger partial charge < -0.3 is 4.90 Å². The van der Waals surface area contributed by atoms with Gasteiger partial charge in [0.25, 0.3) is 5.91 Å². The van der Waals surface area contributed by atoms with Crippen molar-refractivity contribution >= 4 is 5.91 Å². The van der Waals surface area contributed by atoms with E-state index in [1.807, 2.05) is 0 Å². The average molecular weight is 311 g/mol. The molecule has 0 bridgehead atoms. The van der Waals surface area contributed by atoms with Gasteiger partial charge in [-0.05, 0) is 25.1 Å². The Labute approximate surface area is 126 Å². The molecule has 0 saturated heterocycles. The molecule has 1 aromatic heterocycles. The van der Waals surface area contributed by atoms with Crippen LogP contribution in [0.2, 0.25) is 0 Å². The molecular weight excluding hydrogens is 295 g/mol. The third-order valence-electron chi connectivity index (χ3n) is 3.20. The Balaban J connectivity index is 2.37. The highest BCUT2D eigenvalue weighted by atomic mass is 19.4. The number of nitrogens with zero attached hydrogens (tertiary/aromatic N) is 3. The molecule has 0 aliphatic heterocycles. The highest BCUT2D eigenvalue weighted by Gasteiger charge is 2.35. The van der Waals surface area contributed by atoms with Gasteiger partial charge in [-0.15, -0.1) is 0 Å². The number of halogens is 3. The minimum atomic E-state index is -4.44. The molecule has 118 valence electrons. The topological polar surface area (TPSA) is 38.1 Å². The summed E-state index contributed by atoms with van der Waals surface area (Å²) in [6.45, 7) is 1.73. The van der Waals surface area contributed by atoms with Crippen molar-refractivity contribution in [1.29, 1.82) is 0 Å². The van der Waals surface area contributed by atoms with E-state index in [4.69, 9.17) is 0 Å². The molecule has 22 heavy (non-hydrogen) atoms. The summed E-state index contributed by atoms with van der Waals surface area (Å²) in [7, 11) is 3.27. The first kappa shape index (κ1) is 16.1. The monoisotopic (exact) mass is 311 g/mol. The van der Waals surface area contributed by atoms with Gasteiger partial charge in [0.15, 0.2) is 0 Å². The summed E-state index contributed by atoms with van der Waals surface area (Å²) in [5.74, 6) is -0.165. The van der Waals surface area contributed by atoms with Gasteiger partial charge >= 0.3 is 6.18 Å². The molecule has 4 nitrogen and oxygen atoms in total. The van der Waals surface area contributed by atoms with Crippen LogP contribution in [0, 0.1) is 0 Å². The Morgan fingerprint density at radius 3 is 2.23 bits per heavy atom. The van der Waals surface area contributed by atoms with Crippen molar-refractivity contribution in [1.82, 2.24) is 14.7 Å². The van der Waals surface area contributed by atoms with E-state index in [0.29, 0.717) is 11.1 Å². The molecule has 7 heteroatoms. The second-order valence-corrected chi connectivity index (χ2v) is 5.01. The third-order valence-corrected chi connectivity index (χ3v) is 3.20. The number of carbonyl (C=O) groups excluding carboxylic acids is 1. The second kappa shape index (κ2) is 5.82. The maximum absolute atomic E-state index is 12.9. The van der Waals surface area contributed by atoms with Gasteiger partial charge in [0.1, 0.15) is 5.69 Å². The predicted molar refractivity (Wildman–Crippen MR) is 76.4 cm³/mol. The number of aryl methyl sites for hydroxylation is 1. The number of hydrogen-bond acceptors (Lipinski definition) is 2. The molecular formula is C15H16F3N3O. The van der Waals surface area contributed by atoms with Crippen LogP contribution in [0.3, 0.4) is 0 Å². The van der Waals surface area contributed by atoms with E-state index in [2.05, 4.69) is 5.10 Å². The van der Waals surface area contributed by atoms with Crippen LogP contribution >= 0.6 is 0 Å². The zero-order valence-corrected chi connectivity index (χ0v) is 12.5. The van der Waals surface area contributed by atoms with Gasteiger partial charge in [0.2, 0.25) is 0 Å². The lowest BCUT2D eigenvalue weighted by molar-refractivity contribution is -0.144. The maximum Gasteiger partial charge on any atom is 0.433 e. The molecule has 1 aromatic carbocycles. The standard InChI is InChI=1S/C15H16F3N3O/c1-4-21-13(15(16,17)18)9-12(19-21)10-5-7-11(8-6-10)14(22)20(2)3/h5-9H,4H2,1-3H3. The average Bonchev–Trinajstić information content (AvgIpc) is 2.91. The van der Waals surface area contributed by atoms with Crippen molar-refractivity contribution < 1.29 is 18.0 Å².